The molecule has 0 aliphatic carbocycles. The summed E-state index contributed by atoms with van der Waals surface area (Å²) in [6.45, 7) is 1.64. The van der Waals surface area contributed by atoms with E-state index in [0.29, 0.717) is 27.0 Å². The molecule has 2 aromatic heterocycles. The van der Waals surface area contributed by atoms with Crippen molar-refractivity contribution in [3.05, 3.63) is 98.2 Å². The van der Waals surface area contributed by atoms with Crippen LogP contribution in [0, 0.1) is 0 Å². The number of carbonyl (C=O) groups excluding carboxylic acids is 4. The summed E-state index contributed by atoms with van der Waals surface area (Å²) in [4.78, 5) is 65.0. The number of benzene rings is 2. The van der Waals surface area contributed by atoms with Crippen molar-refractivity contribution in [3.8, 4) is 0 Å². The average Bonchev–Trinajstić information content (AvgIpc) is 3.38. The molecule has 0 radical (unpaired) electrons. The highest BCUT2D eigenvalue weighted by molar-refractivity contribution is 7.16. The number of fused-ring (bicyclic) bond motifs is 2. The van der Waals surface area contributed by atoms with E-state index in [1.165, 1.54) is 12.1 Å². The number of esters is 1. The van der Waals surface area contributed by atoms with Gasteiger partial charge in [0.15, 0.2) is 0 Å². The van der Waals surface area contributed by atoms with Crippen molar-refractivity contribution in [1.29, 1.82) is 0 Å². The van der Waals surface area contributed by atoms with Crippen LogP contribution in [0.1, 0.15) is 53.2 Å². The van der Waals surface area contributed by atoms with Crippen LogP contribution in [0.4, 0.5) is 5.00 Å². The van der Waals surface area contributed by atoms with E-state index >= 15 is 0 Å². The third-order valence-corrected chi connectivity index (χ3v) is 6.62. The predicted octanol–water partition coefficient (Wildman–Crippen LogP) is 4.08. The van der Waals surface area contributed by atoms with Crippen molar-refractivity contribution < 1.29 is 28.3 Å². The maximum absolute atomic E-state index is 13.0. The Labute approximate surface area is 207 Å². The molecular formula is C26H18N2O7S. The highest BCUT2D eigenvalue weighted by Gasteiger charge is 2.35. The topological polar surface area (TPSA) is 123 Å². The number of nitrogens with zero attached hydrogens (tertiary/aromatic N) is 1. The van der Waals surface area contributed by atoms with Crippen molar-refractivity contribution in [2.75, 3.05) is 11.9 Å². The molecule has 1 N–H and O–H groups in total. The molecule has 4 aromatic rings. The fourth-order valence-electron chi connectivity index (χ4n) is 3.90. The van der Waals surface area contributed by atoms with Crippen LogP contribution in [0.3, 0.4) is 0 Å². The number of imide groups is 1. The minimum atomic E-state index is -0.827. The maximum Gasteiger partial charge on any atom is 0.349 e. The molecule has 0 unspecified atom stereocenters. The molecule has 5 rings (SSSR count). The molecular weight excluding hydrogens is 484 g/mol. The maximum atomic E-state index is 13.0. The SMILES string of the molecule is CCOC(=O)c1cc(CN2C(=O)c3ccccc3C2=O)sc1NC(=O)c1cc2ccccc2oc1=O. The van der Waals surface area contributed by atoms with E-state index in [1.807, 2.05) is 0 Å². The Kier molecular flexibility index (Phi) is 5.95. The smallest absolute Gasteiger partial charge is 0.349 e. The van der Waals surface area contributed by atoms with Gasteiger partial charge in [-0.15, -0.1) is 11.3 Å². The fraction of sp³-hybridized carbons (Fsp3) is 0.115. The van der Waals surface area contributed by atoms with Crippen LogP contribution in [-0.2, 0) is 11.3 Å². The summed E-state index contributed by atoms with van der Waals surface area (Å²) in [6, 6.07) is 16.1. The van der Waals surface area contributed by atoms with E-state index in [9.17, 15) is 24.0 Å². The van der Waals surface area contributed by atoms with E-state index < -0.39 is 29.3 Å². The van der Waals surface area contributed by atoms with Gasteiger partial charge in [0.1, 0.15) is 16.1 Å². The number of rotatable bonds is 6. The standard InChI is InChI=1S/C26H18N2O7S/c1-2-34-25(32)19-12-15(13-28-23(30)16-8-4-5-9-17(16)24(28)31)36-22(19)27-21(29)18-11-14-7-3-6-10-20(14)35-26(18)33/h3-12H,2,13H2,1H3,(H,27,29). The second-order valence-electron chi connectivity index (χ2n) is 7.86. The van der Waals surface area contributed by atoms with Crippen molar-refractivity contribution >= 4 is 51.0 Å². The minimum Gasteiger partial charge on any atom is -0.462 e. The monoisotopic (exact) mass is 502 g/mol. The van der Waals surface area contributed by atoms with Crippen LogP contribution in [-0.4, -0.2) is 35.2 Å². The van der Waals surface area contributed by atoms with Gasteiger partial charge in [-0.1, -0.05) is 30.3 Å². The summed E-state index contributed by atoms with van der Waals surface area (Å²) in [5.74, 6) is -2.35. The van der Waals surface area contributed by atoms with Gasteiger partial charge in [0, 0.05) is 10.3 Å². The van der Waals surface area contributed by atoms with E-state index in [0.717, 1.165) is 16.2 Å². The van der Waals surface area contributed by atoms with Crippen LogP contribution < -0.4 is 10.9 Å². The third-order valence-electron chi connectivity index (χ3n) is 5.58. The first-order chi connectivity index (χ1) is 17.4. The lowest BCUT2D eigenvalue weighted by atomic mass is 10.1. The number of hydrogen-bond acceptors (Lipinski definition) is 8. The zero-order valence-electron chi connectivity index (χ0n) is 18.9. The molecule has 3 amide bonds. The Hall–Kier alpha value is -4.57. The molecule has 180 valence electrons. The van der Waals surface area contributed by atoms with Gasteiger partial charge in [0.25, 0.3) is 17.7 Å². The van der Waals surface area contributed by atoms with Crippen LogP contribution in [0.5, 0.6) is 0 Å². The van der Waals surface area contributed by atoms with Crippen LogP contribution in [0.15, 0.2) is 69.9 Å². The zero-order valence-corrected chi connectivity index (χ0v) is 19.7. The number of hydrogen-bond donors (Lipinski definition) is 1. The van der Waals surface area contributed by atoms with Crippen LogP contribution in [0.25, 0.3) is 11.0 Å². The van der Waals surface area contributed by atoms with Crippen LogP contribution in [0.2, 0.25) is 0 Å². The highest BCUT2D eigenvalue weighted by Crippen LogP contribution is 2.32. The summed E-state index contributed by atoms with van der Waals surface area (Å²) < 4.78 is 10.3. The van der Waals surface area contributed by atoms with E-state index in [4.69, 9.17) is 9.15 Å². The number of ether oxygens (including phenoxy) is 1. The molecule has 0 saturated heterocycles. The zero-order chi connectivity index (χ0) is 25.4. The number of amides is 3. The van der Waals surface area contributed by atoms with E-state index in [2.05, 4.69) is 5.32 Å². The molecule has 3 heterocycles. The highest BCUT2D eigenvalue weighted by atomic mass is 32.1. The van der Waals surface area contributed by atoms with Gasteiger partial charge in [-0.2, -0.15) is 0 Å². The lowest BCUT2D eigenvalue weighted by Crippen LogP contribution is -2.28. The van der Waals surface area contributed by atoms with Gasteiger partial charge in [-0.05, 0) is 37.3 Å². The van der Waals surface area contributed by atoms with Crippen molar-refractivity contribution in [3.63, 3.8) is 0 Å². The van der Waals surface area contributed by atoms with E-state index in [1.54, 1.807) is 55.5 Å². The van der Waals surface area contributed by atoms with Crippen molar-refractivity contribution in [2.45, 2.75) is 13.5 Å². The van der Waals surface area contributed by atoms with Gasteiger partial charge in [-0.3, -0.25) is 19.3 Å². The normalized spacial score (nSPS) is 12.6. The first-order valence-electron chi connectivity index (χ1n) is 11.0. The molecule has 1 aliphatic heterocycles. The van der Waals surface area contributed by atoms with Crippen molar-refractivity contribution in [2.24, 2.45) is 0 Å². The number of carbonyl (C=O) groups is 4. The van der Waals surface area contributed by atoms with Gasteiger partial charge in [0.05, 0.1) is 29.8 Å². The minimum absolute atomic E-state index is 0.0481. The second kappa shape index (κ2) is 9.23. The molecule has 0 fully saturated rings. The first-order valence-corrected chi connectivity index (χ1v) is 11.8. The van der Waals surface area contributed by atoms with Crippen molar-refractivity contribution in [1.82, 2.24) is 4.90 Å². The Morgan fingerprint density at radius 1 is 0.944 bits per heavy atom. The number of para-hydroxylation sites is 1. The summed E-state index contributed by atoms with van der Waals surface area (Å²) in [5.41, 5.74) is -0.0643. The summed E-state index contributed by atoms with van der Waals surface area (Å²) in [6.07, 6.45) is 0. The van der Waals surface area contributed by atoms with Gasteiger partial charge in [-0.25, -0.2) is 9.59 Å². The lowest BCUT2D eigenvalue weighted by Gasteiger charge is -2.12. The molecule has 1 aliphatic rings. The molecule has 2 aromatic carbocycles. The molecule has 0 bridgehead atoms. The third kappa shape index (κ3) is 4.07. The molecule has 0 spiro atoms. The Bertz CT molecular complexity index is 1580. The van der Waals surface area contributed by atoms with E-state index in [-0.39, 0.29) is 29.3 Å². The molecule has 0 atom stereocenters. The fourth-order valence-corrected chi connectivity index (χ4v) is 4.93. The molecule has 9 nitrogen and oxygen atoms in total. The largest absolute Gasteiger partial charge is 0.462 e. The molecule has 10 heteroatoms. The van der Waals surface area contributed by atoms with Gasteiger partial charge < -0.3 is 14.5 Å². The number of anilines is 1. The average molecular weight is 503 g/mol. The lowest BCUT2D eigenvalue weighted by molar-refractivity contribution is 0.0527. The number of nitrogens with one attached hydrogen (secondary N) is 1. The Morgan fingerprint density at radius 3 is 2.31 bits per heavy atom. The van der Waals surface area contributed by atoms with Crippen LogP contribution >= 0.6 is 11.3 Å². The first kappa shape index (κ1) is 23.2. The molecule has 36 heavy (non-hydrogen) atoms. The van der Waals surface area contributed by atoms with Gasteiger partial charge in [0.2, 0.25) is 0 Å². The predicted molar refractivity (Wildman–Crippen MR) is 131 cm³/mol. The Morgan fingerprint density at radius 2 is 1.61 bits per heavy atom. The second-order valence-corrected chi connectivity index (χ2v) is 8.99. The summed E-state index contributed by atoms with van der Waals surface area (Å²) in [7, 11) is 0. The van der Waals surface area contributed by atoms with Gasteiger partial charge >= 0.3 is 11.6 Å². The quantitative estimate of drug-likeness (QED) is 0.239. The number of thiophene rings is 1. The molecule has 0 saturated carbocycles. The summed E-state index contributed by atoms with van der Waals surface area (Å²) >= 11 is 1.00. The Balaban J connectivity index is 1.45. The summed E-state index contributed by atoms with van der Waals surface area (Å²) in [5, 5.41) is 3.27.